The molecule has 0 atom stereocenters. The summed E-state index contributed by atoms with van der Waals surface area (Å²) in [4.78, 5) is 12.4. The van der Waals surface area contributed by atoms with Gasteiger partial charge >= 0.3 is 0 Å². The predicted octanol–water partition coefficient (Wildman–Crippen LogP) is 2.96. The highest BCUT2D eigenvalue weighted by atomic mass is 16.7. The maximum absolute atomic E-state index is 12.4. The third-order valence-corrected chi connectivity index (χ3v) is 5.90. The van der Waals surface area contributed by atoms with Gasteiger partial charge in [-0.2, -0.15) is 5.10 Å². The number of benzene rings is 1. The van der Waals surface area contributed by atoms with E-state index in [1.165, 1.54) is 37.8 Å². The van der Waals surface area contributed by atoms with Crippen LogP contribution in [0.25, 0.3) is 0 Å². The van der Waals surface area contributed by atoms with Crippen LogP contribution in [0, 0.1) is 23.7 Å². The highest BCUT2D eigenvalue weighted by molar-refractivity contribution is 5.97. The van der Waals surface area contributed by atoms with Gasteiger partial charge < -0.3 is 9.47 Å². The fraction of sp³-hybridized carbons (Fsp3) is 0.556. The number of fused-ring (bicyclic) bond motifs is 1. The molecule has 5 nitrogen and oxygen atoms in total. The minimum Gasteiger partial charge on any atom is -0.454 e. The summed E-state index contributed by atoms with van der Waals surface area (Å²) in [6.07, 6.45) is 6.50. The molecular weight excluding hydrogens is 292 g/mol. The molecule has 1 N–H and O–H groups in total. The lowest BCUT2D eigenvalue weighted by molar-refractivity contribution is 0.0942. The summed E-state index contributed by atoms with van der Waals surface area (Å²) in [6.45, 7) is 0.217. The molecule has 5 aliphatic rings. The van der Waals surface area contributed by atoms with Crippen molar-refractivity contribution in [1.29, 1.82) is 0 Å². The second-order valence-corrected chi connectivity index (χ2v) is 7.35. The number of amides is 1. The van der Waals surface area contributed by atoms with E-state index in [4.69, 9.17) is 9.47 Å². The summed E-state index contributed by atoms with van der Waals surface area (Å²) in [5, 5.41) is 4.54. The van der Waals surface area contributed by atoms with E-state index in [-0.39, 0.29) is 12.7 Å². The van der Waals surface area contributed by atoms with Crippen molar-refractivity contribution in [3.63, 3.8) is 0 Å². The Morgan fingerprint density at radius 1 is 1.00 bits per heavy atom. The Morgan fingerprint density at radius 2 is 1.70 bits per heavy atom. The van der Waals surface area contributed by atoms with Gasteiger partial charge in [-0.05, 0) is 74.0 Å². The van der Waals surface area contributed by atoms with Crippen LogP contribution in [0.15, 0.2) is 23.3 Å². The molecule has 120 valence electrons. The Kier molecular flexibility index (Phi) is 2.90. The van der Waals surface area contributed by atoms with Crippen LogP contribution in [0.5, 0.6) is 11.5 Å². The molecule has 1 heterocycles. The van der Waals surface area contributed by atoms with Crippen LogP contribution in [-0.2, 0) is 0 Å². The van der Waals surface area contributed by atoms with E-state index >= 15 is 0 Å². The molecule has 0 unspecified atom stereocenters. The molecule has 23 heavy (non-hydrogen) atoms. The number of carbonyl (C=O) groups is 1. The number of nitrogens with zero attached hydrogens (tertiary/aromatic N) is 1. The molecule has 4 aliphatic carbocycles. The minimum atomic E-state index is -0.176. The van der Waals surface area contributed by atoms with Gasteiger partial charge in [-0.15, -0.1) is 0 Å². The zero-order valence-corrected chi connectivity index (χ0v) is 13.0. The van der Waals surface area contributed by atoms with Gasteiger partial charge in [0, 0.05) is 11.3 Å². The summed E-state index contributed by atoms with van der Waals surface area (Å²) in [7, 11) is 0. The van der Waals surface area contributed by atoms with Crippen molar-refractivity contribution in [2.24, 2.45) is 28.8 Å². The predicted molar refractivity (Wildman–Crippen MR) is 84.5 cm³/mol. The lowest BCUT2D eigenvalue weighted by Crippen LogP contribution is -2.46. The van der Waals surface area contributed by atoms with Gasteiger partial charge in [0.25, 0.3) is 5.91 Å². The summed E-state index contributed by atoms with van der Waals surface area (Å²) in [5.41, 5.74) is 4.57. The number of ether oxygens (including phenoxy) is 2. The summed E-state index contributed by atoms with van der Waals surface area (Å²) in [5.74, 6) is 4.15. The van der Waals surface area contributed by atoms with E-state index in [1.807, 2.05) is 0 Å². The minimum absolute atomic E-state index is 0.176. The van der Waals surface area contributed by atoms with Gasteiger partial charge in [0.2, 0.25) is 6.79 Å². The molecule has 0 saturated heterocycles. The lowest BCUT2D eigenvalue weighted by atomic mass is 9.55. The van der Waals surface area contributed by atoms with Crippen LogP contribution < -0.4 is 14.9 Å². The third kappa shape index (κ3) is 2.21. The SMILES string of the molecule is O=C(NN=C1C2CC3CC(C2)CC1C3)c1ccc2c(c1)OCO2. The Hall–Kier alpha value is -2.04. The first-order valence-electron chi connectivity index (χ1n) is 8.53. The Bertz CT molecular complexity index is 668. The van der Waals surface area contributed by atoms with Crippen molar-refractivity contribution in [2.45, 2.75) is 32.1 Å². The van der Waals surface area contributed by atoms with Crippen LogP contribution in [-0.4, -0.2) is 18.4 Å². The standard InChI is InChI=1S/C18H20N2O3/c21-18(12-1-2-15-16(8-12)23-9-22-15)20-19-17-13-4-10-3-11(6-13)7-14(17)5-10/h1-2,8,10-11,13-14H,3-7,9H2,(H,20,21). The van der Waals surface area contributed by atoms with Crippen molar-refractivity contribution >= 4 is 11.6 Å². The number of hydrazone groups is 1. The van der Waals surface area contributed by atoms with Crippen molar-refractivity contribution < 1.29 is 14.3 Å². The number of hydrogen-bond donors (Lipinski definition) is 1. The van der Waals surface area contributed by atoms with E-state index in [9.17, 15) is 4.79 Å². The number of rotatable bonds is 2. The van der Waals surface area contributed by atoms with Crippen LogP contribution in [0.2, 0.25) is 0 Å². The molecule has 1 amide bonds. The highest BCUT2D eigenvalue weighted by Crippen LogP contribution is 2.52. The third-order valence-electron chi connectivity index (χ3n) is 5.90. The van der Waals surface area contributed by atoms with Crippen molar-refractivity contribution in [3.8, 4) is 11.5 Å². The molecule has 1 aromatic rings. The summed E-state index contributed by atoms with van der Waals surface area (Å²) < 4.78 is 10.6. The zero-order chi connectivity index (χ0) is 15.4. The van der Waals surface area contributed by atoms with Crippen molar-refractivity contribution in [3.05, 3.63) is 23.8 Å². The zero-order valence-electron chi connectivity index (χ0n) is 13.0. The highest BCUT2D eigenvalue weighted by Gasteiger charge is 2.46. The molecule has 0 aromatic heterocycles. The van der Waals surface area contributed by atoms with E-state index < -0.39 is 0 Å². The average Bonchev–Trinajstić information content (AvgIpc) is 3.00. The van der Waals surface area contributed by atoms with Crippen molar-refractivity contribution in [1.82, 2.24) is 5.43 Å². The molecule has 4 fully saturated rings. The van der Waals surface area contributed by atoms with E-state index in [1.54, 1.807) is 18.2 Å². The maximum atomic E-state index is 12.4. The van der Waals surface area contributed by atoms with E-state index in [2.05, 4.69) is 10.5 Å². The van der Waals surface area contributed by atoms with E-state index in [0.717, 1.165) is 11.8 Å². The first-order chi connectivity index (χ1) is 11.3. The molecule has 6 rings (SSSR count). The van der Waals surface area contributed by atoms with Crippen LogP contribution in [0.4, 0.5) is 0 Å². The molecule has 0 radical (unpaired) electrons. The monoisotopic (exact) mass is 312 g/mol. The van der Waals surface area contributed by atoms with Crippen LogP contribution in [0.3, 0.4) is 0 Å². The smallest absolute Gasteiger partial charge is 0.271 e. The molecule has 1 aliphatic heterocycles. The fourth-order valence-electron chi connectivity index (χ4n) is 5.07. The Labute approximate surface area is 135 Å². The molecule has 4 bridgehead atoms. The maximum Gasteiger partial charge on any atom is 0.271 e. The second-order valence-electron chi connectivity index (χ2n) is 7.35. The fourth-order valence-corrected chi connectivity index (χ4v) is 5.07. The lowest BCUT2D eigenvalue weighted by Gasteiger charge is -2.50. The van der Waals surface area contributed by atoms with Crippen LogP contribution >= 0.6 is 0 Å². The Balaban J connectivity index is 1.33. The largest absolute Gasteiger partial charge is 0.454 e. The normalized spacial score (nSPS) is 33.0. The van der Waals surface area contributed by atoms with Gasteiger partial charge in [-0.3, -0.25) is 4.79 Å². The molecular formula is C18H20N2O3. The quantitative estimate of drug-likeness (QED) is 0.854. The average molecular weight is 312 g/mol. The van der Waals surface area contributed by atoms with Gasteiger partial charge in [0.1, 0.15) is 0 Å². The van der Waals surface area contributed by atoms with Gasteiger partial charge in [-0.1, -0.05) is 0 Å². The molecule has 5 heteroatoms. The first-order valence-corrected chi connectivity index (χ1v) is 8.53. The van der Waals surface area contributed by atoms with Gasteiger partial charge in [-0.25, -0.2) is 5.43 Å². The van der Waals surface area contributed by atoms with Crippen LogP contribution in [0.1, 0.15) is 42.5 Å². The molecule has 1 aromatic carbocycles. The summed E-state index contributed by atoms with van der Waals surface area (Å²) in [6, 6.07) is 5.24. The number of nitrogens with one attached hydrogen (secondary N) is 1. The van der Waals surface area contributed by atoms with Gasteiger partial charge in [0.15, 0.2) is 11.5 Å². The number of carbonyl (C=O) groups excluding carboxylic acids is 1. The topological polar surface area (TPSA) is 59.9 Å². The Morgan fingerprint density at radius 3 is 2.43 bits per heavy atom. The van der Waals surface area contributed by atoms with Crippen molar-refractivity contribution in [2.75, 3.05) is 6.79 Å². The molecule has 0 spiro atoms. The van der Waals surface area contributed by atoms with Gasteiger partial charge in [0.05, 0.1) is 0 Å². The number of hydrogen-bond acceptors (Lipinski definition) is 4. The summed E-state index contributed by atoms with van der Waals surface area (Å²) >= 11 is 0. The second kappa shape index (κ2) is 4.98. The first kappa shape index (κ1) is 13.4. The van der Waals surface area contributed by atoms with E-state index in [0.29, 0.717) is 28.9 Å². The molecule has 4 saturated carbocycles.